The van der Waals surface area contributed by atoms with E-state index in [1.54, 1.807) is 0 Å². The first-order chi connectivity index (χ1) is 7.72. The average molecular weight is 327 g/mol. The number of ether oxygens (including phenoxy) is 1. The zero-order chi connectivity index (χ0) is 11.5. The number of rotatable bonds is 3. The van der Waals surface area contributed by atoms with Crippen molar-refractivity contribution in [2.45, 2.75) is 26.4 Å². The predicted octanol–water partition coefficient (Wildman–Crippen LogP) is 4.02. The SMILES string of the molecule is CC[C@H](C)Oc1ccc(I)c2cccnc12. The third-order valence-electron chi connectivity index (χ3n) is 2.58. The summed E-state index contributed by atoms with van der Waals surface area (Å²) in [6.45, 7) is 4.19. The van der Waals surface area contributed by atoms with Crippen LogP contribution in [0.25, 0.3) is 10.9 Å². The lowest BCUT2D eigenvalue weighted by Crippen LogP contribution is -2.10. The highest BCUT2D eigenvalue weighted by molar-refractivity contribution is 14.1. The van der Waals surface area contributed by atoms with Gasteiger partial charge in [0.15, 0.2) is 0 Å². The molecule has 0 radical (unpaired) electrons. The lowest BCUT2D eigenvalue weighted by molar-refractivity contribution is 0.220. The molecule has 2 rings (SSSR count). The summed E-state index contributed by atoms with van der Waals surface area (Å²) in [5.74, 6) is 0.880. The van der Waals surface area contributed by atoms with Crippen molar-refractivity contribution >= 4 is 33.5 Å². The van der Waals surface area contributed by atoms with Gasteiger partial charge in [0.25, 0.3) is 0 Å². The minimum absolute atomic E-state index is 0.227. The number of hydrogen-bond donors (Lipinski definition) is 0. The number of aromatic nitrogens is 1. The second kappa shape index (κ2) is 4.99. The third kappa shape index (κ3) is 2.29. The van der Waals surface area contributed by atoms with Gasteiger partial charge in [-0.2, -0.15) is 0 Å². The van der Waals surface area contributed by atoms with Crippen LogP contribution < -0.4 is 4.74 Å². The van der Waals surface area contributed by atoms with E-state index in [0.29, 0.717) is 0 Å². The van der Waals surface area contributed by atoms with Gasteiger partial charge >= 0.3 is 0 Å². The molecule has 0 amide bonds. The van der Waals surface area contributed by atoms with Gasteiger partial charge in [0.1, 0.15) is 11.3 Å². The molecule has 0 saturated heterocycles. The second-order valence-corrected chi connectivity index (χ2v) is 4.94. The molecule has 1 atom stereocenters. The van der Waals surface area contributed by atoms with Gasteiger partial charge in [-0.3, -0.25) is 4.98 Å². The van der Waals surface area contributed by atoms with Crippen LogP contribution >= 0.6 is 22.6 Å². The zero-order valence-corrected chi connectivity index (χ0v) is 11.6. The van der Waals surface area contributed by atoms with Gasteiger partial charge in [-0.1, -0.05) is 13.0 Å². The fourth-order valence-corrected chi connectivity index (χ4v) is 2.12. The van der Waals surface area contributed by atoms with Crippen molar-refractivity contribution in [1.82, 2.24) is 4.98 Å². The van der Waals surface area contributed by atoms with E-state index in [0.717, 1.165) is 23.1 Å². The maximum Gasteiger partial charge on any atom is 0.145 e. The number of benzene rings is 1. The highest BCUT2D eigenvalue weighted by atomic mass is 127. The van der Waals surface area contributed by atoms with Gasteiger partial charge in [-0.25, -0.2) is 0 Å². The quantitative estimate of drug-likeness (QED) is 0.795. The van der Waals surface area contributed by atoms with Crippen LogP contribution in [0.5, 0.6) is 5.75 Å². The Labute approximate surface area is 109 Å². The third-order valence-corrected chi connectivity index (χ3v) is 3.52. The molecule has 0 unspecified atom stereocenters. The van der Waals surface area contributed by atoms with Gasteiger partial charge in [-0.05, 0) is 54.1 Å². The summed E-state index contributed by atoms with van der Waals surface area (Å²) in [5.41, 5.74) is 0.953. The maximum absolute atomic E-state index is 5.87. The Bertz CT molecular complexity index is 498. The molecular weight excluding hydrogens is 313 g/mol. The van der Waals surface area contributed by atoms with Gasteiger partial charge < -0.3 is 4.74 Å². The number of halogens is 1. The molecule has 0 N–H and O–H groups in total. The normalized spacial score (nSPS) is 12.7. The molecule has 3 heteroatoms. The predicted molar refractivity (Wildman–Crippen MR) is 74.8 cm³/mol. The lowest BCUT2D eigenvalue weighted by Gasteiger charge is -2.14. The number of nitrogens with zero attached hydrogens (tertiary/aromatic N) is 1. The Hall–Kier alpha value is -0.840. The van der Waals surface area contributed by atoms with Crippen molar-refractivity contribution < 1.29 is 4.74 Å². The molecule has 0 bridgehead atoms. The fraction of sp³-hybridized carbons (Fsp3) is 0.308. The van der Waals surface area contributed by atoms with Crippen LogP contribution in [0.4, 0.5) is 0 Å². The molecule has 0 saturated carbocycles. The first-order valence-corrected chi connectivity index (χ1v) is 6.50. The standard InChI is InChI=1S/C13H14INO/c1-3-9(2)16-12-7-6-11(14)10-5-4-8-15-13(10)12/h4-9H,3H2,1-2H3/t9-/m0/s1. The van der Waals surface area contributed by atoms with Crippen molar-refractivity contribution in [1.29, 1.82) is 0 Å². The van der Waals surface area contributed by atoms with Crippen molar-refractivity contribution in [3.05, 3.63) is 34.0 Å². The van der Waals surface area contributed by atoms with E-state index in [9.17, 15) is 0 Å². The van der Waals surface area contributed by atoms with Crippen LogP contribution in [0.1, 0.15) is 20.3 Å². The van der Waals surface area contributed by atoms with Crippen molar-refractivity contribution in [3.8, 4) is 5.75 Å². The molecule has 0 aliphatic carbocycles. The summed E-state index contributed by atoms with van der Waals surface area (Å²) in [7, 11) is 0. The van der Waals surface area contributed by atoms with Gasteiger partial charge in [-0.15, -0.1) is 0 Å². The molecule has 2 nitrogen and oxygen atoms in total. The molecule has 1 aromatic carbocycles. The van der Waals surface area contributed by atoms with Gasteiger partial charge in [0.2, 0.25) is 0 Å². The van der Waals surface area contributed by atoms with Crippen molar-refractivity contribution in [2.75, 3.05) is 0 Å². The Morgan fingerprint density at radius 2 is 2.19 bits per heavy atom. The monoisotopic (exact) mass is 327 g/mol. The van der Waals surface area contributed by atoms with Crippen LogP contribution in [-0.4, -0.2) is 11.1 Å². The van der Waals surface area contributed by atoms with Crippen LogP contribution in [0.3, 0.4) is 0 Å². The minimum Gasteiger partial charge on any atom is -0.488 e. The van der Waals surface area contributed by atoms with Crippen LogP contribution in [-0.2, 0) is 0 Å². The molecule has 16 heavy (non-hydrogen) atoms. The van der Waals surface area contributed by atoms with Crippen molar-refractivity contribution in [2.24, 2.45) is 0 Å². The number of hydrogen-bond acceptors (Lipinski definition) is 2. The molecule has 84 valence electrons. The summed E-state index contributed by atoms with van der Waals surface area (Å²) in [6, 6.07) is 8.11. The molecular formula is C13H14INO. The van der Waals surface area contributed by atoms with E-state index in [-0.39, 0.29) is 6.10 Å². The summed E-state index contributed by atoms with van der Waals surface area (Å²) < 4.78 is 7.07. The smallest absolute Gasteiger partial charge is 0.145 e. The number of fused-ring (bicyclic) bond motifs is 1. The Morgan fingerprint density at radius 3 is 2.94 bits per heavy atom. The molecule has 0 aliphatic heterocycles. The highest BCUT2D eigenvalue weighted by Gasteiger charge is 2.08. The Morgan fingerprint density at radius 1 is 1.38 bits per heavy atom. The van der Waals surface area contributed by atoms with E-state index in [1.165, 1.54) is 3.57 Å². The van der Waals surface area contributed by atoms with Crippen molar-refractivity contribution in [3.63, 3.8) is 0 Å². The van der Waals surface area contributed by atoms with Crippen LogP contribution in [0.2, 0.25) is 0 Å². The van der Waals surface area contributed by atoms with E-state index in [4.69, 9.17) is 4.74 Å². The van der Waals surface area contributed by atoms with E-state index in [1.807, 2.05) is 18.3 Å². The summed E-state index contributed by atoms with van der Waals surface area (Å²) in [5, 5.41) is 1.16. The maximum atomic E-state index is 5.87. The summed E-state index contributed by atoms with van der Waals surface area (Å²) in [6.07, 6.45) is 3.03. The fourth-order valence-electron chi connectivity index (χ4n) is 1.51. The van der Waals surface area contributed by atoms with Gasteiger partial charge in [0.05, 0.1) is 6.10 Å². The van der Waals surface area contributed by atoms with E-state index >= 15 is 0 Å². The second-order valence-electron chi connectivity index (χ2n) is 3.78. The topological polar surface area (TPSA) is 22.1 Å². The largest absolute Gasteiger partial charge is 0.488 e. The Balaban J connectivity index is 2.50. The lowest BCUT2D eigenvalue weighted by atomic mass is 10.2. The molecule has 1 heterocycles. The minimum atomic E-state index is 0.227. The molecule has 0 spiro atoms. The summed E-state index contributed by atoms with van der Waals surface area (Å²) in [4.78, 5) is 4.40. The first-order valence-electron chi connectivity index (χ1n) is 5.42. The molecule has 0 aliphatic rings. The van der Waals surface area contributed by atoms with E-state index in [2.05, 4.69) is 53.6 Å². The molecule has 2 aromatic rings. The van der Waals surface area contributed by atoms with Crippen LogP contribution in [0, 0.1) is 3.57 Å². The zero-order valence-electron chi connectivity index (χ0n) is 9.40. The average Bonchev–Trinajstić information content (AvgIpc) is 2.33. The van der Waals surface area contributed by atoms with Gasteiger partial charge in [0, 0.05) is 15.2 Å². The molecule has 1 aromatic heterocycles. The van der Waals surface area contributed by atoms with E-state index < -0.39 is 0 Å². The number of pyridine rings is 1. The molecule has 0 fully saturated rings. The Kier molecular flexibility index (Phi) is 3.63. The highest BCUT2D eigenvalue weighted by Crippen LogP contribution is 2.28. The first kappa shape index (κ1) is 11.6. The summed E-state index contributed by atoms with van der Waals surface area (Å²) >= 11 is 2.32. The van der Waals surface area contributed by atoms with Crippen LogP contribution in [0.15, 0.2) is 30.5 Å².